The van der Waals surface area contributed by atoms with Gasteiger partial charge in [-0.15, -0.1) is 0 Å². The van der Waals surface area contributed by atoms with Gasteiger partial charge in [-0.05, 0) is 18.0 Å². The lowest BCUT2D eigenvalue weighted by Gasteiger charge is -2.27. The summed E-state index contributed by atoms with van der Waals surface area (Å²) in [6.07, 6.45) is 1.21. The molecule has 9 heteroatoms. The lowest BCUT2D eigenvalue weighted by Crippen LogP contribution is -2.38. The van der Waals surface area contributed by atoms with Crippen LogP contribution in [0, 0.1) is 10.1 Å². The second-order valence-corrected chi connectivity index (χ2v) is 6.49. The molecule has 0 bridgehead atoms. The summed E-state index contributed by atoms with van der Waals surface area (Å²) in [6.45, 7) is 2.88. The fourth-order valence-corrected chi connectivity index (χ4v) is 3.36. The van der Waals surface area contributed by atoms with Crippen molar-refractivity contribution < 1.29 is 9.13 Å². The fraction of sp³-hybridized carbons (Fsp3) is 0.636. The molecule has 0 saturated carbocycles. The highest BCUT2D eigenvalue weighted by Crippen LogP contribution is 2.31. The Labute approximate surface area is 124 Å². The zero-order valence-corrected chi connectivity index (χ0v) is 12.6. The molecule has 1 saturated heterocycles. The van der Waals surface area contributed by atoms with Gasteiger partial charge in [0, 0.05) is 35.4 Å². The van der Waals surface area contributed by atoms with Crippen LogP contribution in [0.2, 0.25) is 5.28 Å². The molecule has 0 unspecified atom stereocenters. The zero-order chi connectivity index (χ0) is 14.7. The van der Waals surface area contributed by atoms with Crippen molar-refractivity contribution in [3.8, 4) is 0 Å². The minimum atomic E-state index is -0.854. The third-order valence-electron chi connectivity index (χ3n) is 3.06. The quantitative estimate of drug-likeness (QED) is 0.475. The second-order valence-electron chi connectivity index (χ2n) is 4.45. The number of aromatic nitrogens is 2. The maximum atomic E-state index is 11.4. The Morgan fingerprint density at radius 1 is 1.40 bits per heavy atom. The van der Waals surface area contributed by atoms with Crippen LogP contribution in [-0.2, 0) is 17.2 Å². The van der Waals surface area contributed by atoms with E-state index in [0.29, 0.717) is 36.7 Å². The van der Waals surface area contributed by atoms with Gasteiger partial charge in [0.05, 0.1) is 4.92 Å². The van der Waals surface area contributed by atoms with Crippen LogP contribution < -0.4 is 4.90 Å². The predicted molar refractivity (Wildman–Crippen MR) is 77.8 cm³/mol. The van der Waals surface area contributed by atoms with Crippen LogP contribution in [0.4, 0.5) is 11.5 Å². The number of aryl methyl sites for hydroxylation is 1. The molecule has 1 fully saturated rings. The Balaban J connectivity index is 2.44. The van der Waals surface area contributed by atoms with Crippen molar-refractivity contribution in [3.63, 3.8) is 0 Å². The largest absolute Gasteiger partial charge is 0.349 e. The minimum Gasteiger partial charge on any atom is -0.349 e. The van der Waals surface area contributed by atoms with E-state index in [1.54, 1.807) is 4.90 Å². The first-order valence-corrected chi connectivity index (χ1v) is 8.20. The summed E-state index contributed by atoms with van der Waals surface area (Å²) >= 11 is 5.88. The summed E-state index contributed by atoms with van der Waals surface area (Å²) < 4.78 is 11.4. The Kier molecular flexibility index (Phi) is 4.87. The van der Waals surface area contributed by atoms with Gasteiger partial charge in [0.25, 0.3) is 0 Å². The zero-order valence-electron chi connectivity index (χ0n) is 11.0. The molecule has 1 aliphatic heterocycles. The van der Waals surface area contributed by atoms with Gasteiger partial charge >= 0.3 is 5.69 Å². The Morgan fingerprint density at radius 2 is 2.05 bits per heavy atom. The molecule has 0 N–H and O–H groups in total. The van der Waals surface area contributed by atoms with Gasteiger partial charge in [-0.1, -0.05) is 13.3 Å². The molecule has 0 radical (unpaired) electrons. The van der Waals surface area contributed by atoms with Gasteiger partial charge in [-0.2, -0.15) is 4.98 Å². The molecule has 0 aliphatic carbocycles. The van der Waals surface area contributed by atoms with E-state index in [1.807, 2.05) is 6.92 Å². The number of rotatable bonds is 4. The number of halogens is 1. The predicted octanol–water partition coefficient (Wildman–Crippen LogP) is 1.56. The van der Waals surface area contributed by atoms with E-state index >= 15 is 0 Å². The van der Waals surface area contributed by atoms with Crippen molar-refractivity contribution in [2.45, 2.75) is 19.8 Å². The van der Waals surface area contributed by atoms with Gasteiger partial charge in [-0.25, -0.2) is 4.98 Å². The molecule has 0 aromatic carbocycles. The van der Waals surface area contributed by atoms with Gasteiger partial charge in [-0.3, -0.25) is 14.3 Å². The van der Waals surface area contributed by atoms with Crippen LogP contribution >= 0.6 is 11.6 Å². The lowest BCUT2D eigenvalue weighted by atomic mass is 10.2. The Hall–Kier alpha value is -1.28. The van der Waals surface area contributed by atoms with E-state index in [2.05, 4.69) is 9.97 Å². The number of anilines is 1. The van der Waals surface area contributed by atoms with Crippen LogP contribution in [0.5, 0.6) is 0 Å². The highest BCUT2D eigenvalue weighted by molar-refractivity contribution is 7.85. The topological polar surface area (TPSA) is 89.2 Å². The van der Waals surface area contributed by atoms with E-state index in [1.165, 1.54) is 0 Å². The summed E-state index contributed by atoms with van der Waals surface area (Å²) in [5.74, 6) is 1.22. The monoisotopic (exact) mass is 318 g/mol. The highest BCUT2D eigenvalue weighted by Gasteiger charge is 2.29. The van der Waals surface area contributed by atoms with E-state index < -0.39 is 15.7 Å². The van der Waals surface area contributed by atoms with Crippen LogP contribution in [0.3, 0.4) is 0 Å². The molecule has 7 nitrogen and oxygen atoms in total. The first kappa shape index (κ1) is 15.1. The molecule has 2 rings (SSSR count). The molecule has 1 aromatic rings. The maximum absolute atomic E-state index is 11.4. The SMILES string of the molecule is CCCc1nc(Cl)nc(N2CCS(=O)CC2)c1[N+](=O)[O-]. The smallest absolute Gasteiger partial charge is 0.332 e. The Bertz CT molecular complexity index is 545. The molecule has 0 amide bonds. The summed E-state index contributed by atoms with van der Waals surface area (Å²) in [5.41, 5.74) is 0.281. The van der Waals surface area contributed by atoms with E-state index in [-0.39, 0.29) is 16.8 Å². The average molecular weight is 319 g/mol. The van der Waals surface area contributed by atoms with E-state index in [0.717, 1.165) is 6.42 Å². The summed E-state index contributed by atoms with van der Waals surface area (Å²) in [4.78, 5) is 20.7. The lowest BCUT2D eigenvalue weighted by molar-refractivity contribution is -0.385. The number of nitro groups is 1. The molecule has 0 atom stereocenters. The standard InChI is InChI=1S/C11H15ClN4O3S/c1-2-3-8-9(16(17)18)10(14-11(12)13-8)15-4-6-20(19)7-5-15/h2-7H2,1H3. The first-order valence-electron chi connectivity index (χ1n) is 6.33. The first-order chi connectivity index (χ1) is 9.52. The molecule has 0 spiro atoms. The van der Waals surface area contributed by atoms with Gasteiger partial charge in [0.1, 0.15) is 5.69 Å². The van der Waals surface area contributed by atoms with Gasteiger partial charge < -0.3 is 4.90 Å². The maximum Gasteiger partial charge on any atom is 0.332 e. The summed E-state index contributed by atoms with van der Waals surface area (Å²) in [7, 11) is -0.854. The highest BCUT2D eigenvalue weighted by atomic mass is 35.5. The van der Waals surface area contributed by atoms with Crippen LogP contribution in [0.15, 0.2) is 0 Å². The molecular weight excluding hydrogens is 304 g/mol. The third kappa shape index (κ3) is 3.24. The van der Waals surface area contributed by atoms with Crippen molar-refractivity contribution in [3.05, 3.63) is 21.1 Å². The van der Waals surface area contributed by atoms with Crippen molar-refractivity contribution in [2.75, 3.05) is 29.5 Å². The normalized spacial score (nSPS) is 16.4. The van der Waals surface area contributed by atoms with Crippen molar-refractivity contribution in [1.29, 1.82) is 0 Å². The Morgan fingerprint density at radius 3 is 2.60 bits per heavy atom. The fourth-order valence-electron chi connectivity index (χ4n) is 2.13. The molecular formula is C11H15ClN4O3S. The van der Waals surface area contributed by atoms with E-state index in [9.17, 15) is 14.3 Å². The van der Waals surface area contributed by atoms with Crippen molar-refractivity contribution >= 4 is 33.9 Å². The second kappa shape index (κ2) is 6.45. The van der Waals surface area contributed by atoms with E-state index in [4.69, 9.17) is 11.6 Å². The molecule has 20 heavy (non-hydrogen) atoms. The van der Waals surface area contributed by atoms with Crippen LogP contribution in [0.1, 0.15) is 19.0 Å². The molecule has 1 aromatic heterocycles. The minimum absolute atomic E-state index is 0.0146. The van der Waals surface area contributed by atoms with Crippen molar-refractivity contribution in [1.82, 2.24) is 9.97 Å². The van der Waals surface area contributed by atoms with Gasteiger partial charge in [0.15, 0.2) is 0 Å². The number of hydrogen-bond donors (Lipinski definition) is 0. The van der Waals surface area contributed by atoms with Crippen LogP contribution in [-0.4, -0.2) is 43.7 Å². The third-order valence-corrected chi connectivity index (χ3v) is 4.50. The molecule has 1 aliphatic rings. The summed E-state index contributed by atoms with van der Waals surface area (Å²) in [5, 5.41) is 11.3. The van der Waals surface area contributed by atoms with Crippen molar-refractivity contribution in [2.24, 2.45) is 0 Å². The molecule has 2 heterocycles. The number of hydrogen-bond acceptors (Lipinski definition) is 6. The van der Waals surface area contributed by atoms with Crippen LogP contribution in [0.25, 0.3) is 0 Å². The number of nitrogens with zero attached hydrogens (tertiary/aromatic N) is 4. The summed E-state index contributed by atoms with van der Waals surface area (Å²) in [6, 6.07) is 0. The molecule has 110 valence electrons. The van der Waals surface area contributed by atoms with Gasteiger partial charge in [0.2, 0.25) is 11.1 Å². The average Bonchev–Trinajstić information content (AvgIpc) is 2.38.